The molecule has 0 aliphatic heterocycles. The fourth-order valence-electron chi connectivity index (χ4n) is 2.85. The average Bonchev–Trinajstić information content (AvgIpc) is 2.48. The molecule has 1 heterocycles. The highest BCUT2D eigenvalue weighted by Gasteiger charge is 2.38. The lowest BCUT2D eigenvalue weighted by atomic mass is 9.64. The third-order valence-electron chi connectivity index (χ3n) is 4.22. The number of nitriles is 1. The Hall–Kier alpha value is -2.34. The predicted molar refractivity (Wildman–Crippen MR) is 79.4 cm³/mol. The Labute approximate surface area is 119 Å². The van der Waals surface area contributed by atoms with Crippen molar-refractivity contribution < 1.29 is 0 Å². The molecule has 3 nitrogen and oxygen atoms in total. The van der Waals surface area contributed by atoms with Gasteiger partial charge in [0.15, 0.2) is 0 Å². The minimum Gasteiger partial charge on any atom is -0.368 e. The zero-order valence-electron chi connectivity index (χ0n) is 11.3. The zero-order chi connectivity index (χ0) is 13.8. The van der Waals surface area contributed by atoms with Gasteiger partial charge in [-0.15, -0.1) is 0 Å². The Kier molecular flexibility index (Phi) is 3.39. The summed E-state index contributed by atoms with van der Waals surface area (Å²) in [5, 5.41) is 12.5. The number of benzene rings is 1. The van der Waals surface area contributed by atoms with Crippen LogP contribution in [0.3, 0.4) is 0 Å². The molecule has 1 aromatic heterocycles. The molecule has 3 rings (SSSR count). The molecule has 0 radical (unpaired) electrons. The third kappa shape index (κ3) is 2.25. The van der Waals surface area contributed by atoms with E-state index in [9.17, 15) is 0 Å². The smallest absolute Gasteiger partial charge is 0.143 e. The van der Waals surface area contributed by atoms with Crippen molar-refractivity contribution in [2.75, 3.05) is 11.9 Å². The highest BCUT2D eigenvalue weighted by Crippen LogP contribution is 2.43. The number of pyridine rings is 1. The summed E-state index contributed by atoms with van der Waals surface area (Å²) in [5.41, 5.74) is 2.19. The van der Waals surface area contributed by atoms with E-state index in [0.717, 1.165) is 6.54 Å². The first kappa shape index (κ1) is 12.7. The van der Waals surface area contributed by atoms with Gasteiger partial charge < -0.3 is 5.32 Å². The van der Waals surface area contributed by atoms with Crippen molar-refractivity contribution in [3.8, 4) is 6.07 Å². The normalized spacial score (nSPS) is 15.9. The van der Waals surface area contributed by atoms with E-state index in [1.54, 1.807) is 18.3 Å². The average molecular weight is 263 g/mol. The monoisotopic (exact) mass is 263 g/mol. The molecule has 3 heteroatoms. The van der Waals surface area contributed by atoms with Crippen LogP contribution in [0, 0.1) is 11.3 Å². The molecule has 1 aliphatic carbocycles. The molecule has 1 saturated carbocycles. The van der Waals surface area contributed by atoms with E-state index < -0.39 is 0 Å². The summed E-state index contributed by atoms with van der Waals surface area (Å²) in [6, 6.07) is 16.4. The first-order valence-corrected chi connectivity index (χ1v) is 6.99. The zero-order valence-corrected chi connectivity index (χ0v) is 11.3. The third-order valence-corrected chi connectivity index (χ3v) is 4.22. The van der Waals surface area contributed by atoms with E-state index in [4.69, 9.17) is 5.26 Å². The van der Waals surface area contributed by atoms with Gasteiger partial charge in [0.25, 0.3) is 0 Å². The molecule has 2 aromatic rings. The molecule has 0 unspecified atom stereocenters. The van der Waals surface area contributed by atoms with Crippen molar-refractivity contribution in [2.45, 2.75) is 24.7 Å². The number of nitrogens with one attached hydrogen (secondary N) is 1. The predicted octanol–water partition coefficient (Wildman–Crippen LogP) is 3.49. The van der Waals surface area contributed by atoms with Gasteiger partial charge in [-0.25, -0.2) is 4.98 Å². The van der Waals surface area contributed by atoms with Gasteiger partial charge in [-0.3, -0.25) is 0 Å². The lowest BCUT2D eigenvalue weighted by molar-refractivity contribution is 0.260. The molecule has 20 heavy (non-hydrogen) atoms. The minimum absolute atomic E-state index is 0.200. The molecule has 1 fully saturated rings. The Morgan fingerprint density at radius 1 is 1.15 bits per heavy atom. The van der Waals surface area contributed by atoms with Crippen LogP contribution < -0.4 is 5.32 Å². The summed E-state index contributed by atoms with van der Waals surface area (Å²) >= 11 is 0. The first-order chi connectivity index (χ1) is 9.84. The van der Waals surface area contributed by atoms with E-state index in [1.165, 1.54) is 24.8 Å². The molecule has 1 aliphatic rings. The van der Waals surface area contributed by atoms with E-state index >= 15 is 0 Å². The SMILES string of the molecule is N#Cc1cccnc1NCC1(c2ccccc2)CCC1. The van der Waals surface area contributed by atoms with Crippen LogP contribution in [0.4, 0.5) is 5.82 Å². The number of anilines is 1. The first-order valence-electron chi connectivity index (χ1n) is 6.99. The Bertz CT molecular complexity index is 624. The van der Waals surface area contributed by atoms with Gasteiger partial charge >= 0.3 is 0 Å². The maximum Gasteiger partial charge on any atom is 0.143 e. The minimum atomic E-state index is 0.200. The molecular formula is C17H17N3. The fourth-order valence-corrected chi connectivity index (χ4v) is 2.85. The van der Waals surface area contributed by atoms with Crippen molar-refractivity contribution in [1.29, 1.82) is 5.26 Å². The van der Waals surface area contributed by atoms with Crippen molar-refractivity contribution in [1.82, 2.24) is 4.98 Å². The van der Waals surface area contributed by atoms with Gasteiger partial charge in [-0.1, -0.05) is 36.8 Å². The van der Waals surface area contributed by atoms with Gasteiger partial charge in [-0.05, 0) is 30.5 Å². The fraction of sp³-hybridized carbons (Fsp3) is 0.294. The van der Waals surface area contributed by atoms with Crippen LogP contribution in [0.1, 0.15) is 30.4 Å². The Morgan fingerprint density at radius 2 is 1.95 bits per heavy atom. The van der Waals surface area contributed by atoms with Gasteiger partial charge in [0.2, 0.25) is 0 Å². The van der Waals surface area contributed by atoms with Crippen molar-refractivity contribution in [3.05, 3.63) is 59.8 Å². The van der Waals surface area contributed by atoms with Gasteiger partial charge in [0, 0.05) is 18.2 Å². The summed E-state index contributed by atoms with van der Waals surface area (Å²) in [7, 11) is 0. The second-order valence-electron chi connectivity index (χ2n) is 5.36. The highest BCUT2D eigenvalue weighted by molar-refractivity contribution is 5.51. The standard InChI is InChI=1S/C17H17N3/c18-12-14-6-4-11-19-16(14)20-13-17(9-5-10-17)15-7-2-1-3-8-15/h1-4,6-8,11H,5,9-10,13H2,(H,19,20). The molecular weight excluding hydrogens is 246 g/mol. The lowest BCUT2D eigenvalue weighted by Crippen LogP contribution is -2.41. The largest absolute Gasteiger partial charge is 0.368 e. The second kappa shape index (κ2) is 5.34. The van der Waals surface area contributed by atoms with E-state index in [2.05, 4.69) is 46.7 Å². The molecule has 0 amide bonds. The van der Waals surface area contributed by atoms with Gasteiger partial charge in [-0.2, -0.15) is 5.26 Å². The molecule has 0 bridgehead atoms. The molecule has 0 atom stereocenters. The molecule has 100 valence electrons. The number of hydrogen-bond donors (Lipinski definition) is 1. The topological polar surface area (TPSA) is 48.7 Å². The quantitative estimate of drug-likeness (QED) is 0.918. The number of aromatic nitrogens is 1. The number of rotatable bonds is 4. The van der Waals surface area contributed by atoms with E-state index in [1.807, 2.05) is 0 Å². The van der Waals surface area contributed by atoms with Crippen LogP contribution in [0.2, 0.25) is 0 Å². The lowest BCUT2D eigenvalue weighted by Gasteiger charge is -2.42. The second-order valence-corrected chi connectivity index (χ2v) is 5.36. The van der Waals surface area contributed by atoms with Crippen LogP contribution in [0.25, 0.3) is 0 Å². The van der Waals surface area contributed by atoms with Gasteiger partial charge in [0.1, 0.15) is 11.9 Å². The van der Waals surface area contributed by atoms with Crippen LogP contribution in [-0.2, 0) is 5.41 Å². The van der Waals surface area contributed by atoms with Crippen LogP contribution in [0.5, 0.6) is 0 Å². The summed E-state index contributed by atoms with van der Waals surface area (Å²) in [6.07, 6.45) is 5.38. The summed E-state index contributed by atoms with van der Waals surface area (Å²) in [5.74, 6) is 0.692. The van der Waals surface area contributed by atoms with Gasteiger partial charge in [0.05, 0.1) is 5.56 Å². The van der Waals surface area contributed by atoms with E-state index in [0.29, 0.717) is 11.4 Å². The van der Waals surface area contributed by atoms with Crippen LogP contribution in [0.15, 0.2) is 48.7 Å². The van der Waals surface area contributed by atoms with E-state index in [-0.39, 0.29) is 5.41 Å². The van der Waals surface area contributed by atoms with Crippen molar-refractivity contribution >= 4 is 5.82 Å². The number of hydrogen-bond acceptors (Lipinski definition) is 3. The van der Waals surface area contributed by atoms with Crippen LogP contribution in [-0.4, -0.2) is 11.5 Å². The summed E-state index contributed by atoms with van der Waals surface area (Å²) in [4.78, 5) is 4.27. The summed E-state index contributed by atoms with van der Waals surface area (Å²) in [6.45, 7) is 0.836. The highest BCUT2D eigenvalue weighted by atomic mass is 15.0. The Morgan fingerprint density at radius 3 is 2.60 bits per heavy atom. The molecule has 1 N–H and O–H groups in total. The molecule has 1 aromatic carbocycles. The number of nitrogens with zero attached hydrogens (tertiary/aromatic N) is 2. The maximum atomic E-state index is 9.11. The van der Waals surface area contributed by atoms with Crippen LogP contribution >= 0.6 is 0 Å². The maximum absolute atomic E-state index is 9.11. The molecule has 0 saturated heterocycles. The molecule has 0 spiro atoms. The Balaban J connectivity index is 1.79. The van der Waals surface area contributed by atoms with Crippen molar-refractivity contribution in [3.63, 3.8) is 0 Å². The van der Waals surface area contributed by atoms with Crippen molar-refractivity contribution in [2.24, 2.45) is 0 Å². The summed E-state index contributed by atoms with van der Waals surface area (Å²) < 4.78 is 0.